The molecule has 0 fully saturated rings. The largest absolute Gasteiger partial charge is 0.544 e. The third kappa shape index (κ3) is 8.34. The van der Waals surface area contributed by atoms with Gasteiger partial charge in [0.2, 0.25) is 0 Å². The molecule has 0 amide bonds. The van der Waals surface area contributed by atoms with E-state index >= 15 is 0 Å². The van der Waals surface area contributed by atoms with Gasteiger partial charge in [0, 0.05) is 13.1 Å². The van der Waals surface area contributed by atoms with Crippen LogP contribution in [0.15, 0.2) is 17.6 Å². The normalized spacial score (nSPS) is 16.3. The van der Waals surface area contributed by atoms with Crippen molar-refractivity contribution in [2.75, 3.05) is 47.3 Å². The van der Waals surface area contributed by atoms with Crippen LogP contribution in [0.3, 0.4) is 0 Å². The minimum atomic E-state index is -1.00. The Morgan fingerprint density at radius 3 is 2.53 bits per heavy atom. The van der Waals surface area contributed by atoms with E-state index in [2.05, 4.69) is 11.6 Å². The first-order valence-electron chi connectivity index (χ1n) is 6.26. The Morgan fingerprint density at radius 2 is 2.21 bits per heavy atom. The van der Waals surface area contributed by atoms with Crippen molar-refractivity contribution < 1.29 is 19.5 Å². The topological polar surface area (TPSA) is 76.0 Å². The molecule has 1 aliphatic rings. The van der Waals surface area contributed by atoms with Crippen molar-refractivity contribution in [1.82, 2.24) is 4.90 Å². The van der Waals surface area contributed by atoms with Crippen molar-refractivity contribution in [2.24, 2.45) is 4.99 Å². The van der Waals surface area contributed by atoms with Crippen molar-refractivity contribution in [1.29, 1.82) is 0 Å². The SMILES string of the molecule is C=CCN1CCN=C1C(C)O.C[N+](C)(C)CC(=O)[O-]. The van der Waals surface area contributed by atoms with Gasteiger partial charge >= 0.3 is 0 Å². The summed E-state index contributed by atoms with van der Waals surface area (Å²) in [5, 5.41) is 19.1. The van der Waals surface area contributed by atoms with E-state index in [4.69, 9.17) is 0 Å². The average Bonchev–Trinajstić information content (AvgIpc) is 2.63. The highest BCUT2D eigenvalue weighted by Crippen LogP contribution is 2.04. The average molecular weight is 271 g/mol. The fourth-order valence-corrected chi connectivity index (χ4v) is 1.62. The Balaban J connectivity index is 0.000000362. The van der Waals surface area contributed by atoms with E-state index in [0.29, 0.717) is 4.48 Å². The molecule has 0 aromatic rings. The van der Waals surface area contributed by atoms with Crippen LogP contribution in [0.4, 0.5) is 0 Å². The lowest BCUT2D eigenvalue weighted by Crippen LogP contribution is -2.45. The Bertz CT molecular complexity index is 333. The van der Waals surface area contributed by atoms with Crippen LogP contribution < -0.4 is 5.11 Å². The van der Waals surface area contributed by atoms with Crippen molar-refractivity contribution >= 4 is 11.8 Å². The predicted molar refractivity (Wildman–Crippen MR) is 73.7 cm³/mol. The predicted octanol–water partition coefficient (Wildman–Crippen LogP) is -1.29. The zero-order chi connectivity index (χ0) is 15.1. The maximum Gasteiger partial charge on any atom is 0.128 e. The summed E-state index contributed by atoms with van der Waals surface area (Å²) >= 11 is 0. The maximum atomic E-state index is 9.89. The monoisotopic (exact) mass is 271 g/mol. The number of hydrogen-bond donors (Lipinski definition) is 1. The highest BCUT2D eigenvalue weighted by Gasteiger charge is 2.18. The molecule has 1 heterocycles. The van der Waals surface area contributed by atoms with Crippen LogP contribution >= 0.6 is 0 Å². The highest BCUT2D eigenvalue weighted by atomic mass is 16.4. The molecular weight excluding hydrogens is 246 g/mol. The van der Waals surface area contributed by atoms with Crippen molar-refractivity contribution in [2.45, 2.75) is 13.0 Å². The Labute approximate surface area is 115 Å². The highest BCUT2D eigenvalue weighted by molar-refractivity contribution is 5.87. The Morgan fingerprint density at radius 1 is 1.63 bits per heavy atom. The molecule has 1 aliphatic heterocycles. The molecule has 6 heteroatoms. The lowest BCUT2D eigenvalue weighted by Gasteiger charge is -2.23. The molecule has 0 bridgehead atoms. The molecule has 1 unspecified atom stereocenters. The second kappa shape index (κ2) is 7.91. The first-order chi connectivity index (χ1) is 8.67. The van der Waals surface area contributed by atoms with Gasteiger partial charge in [-0.1, -0.05) is 6.08 Å². The molecule has 0 radical (unpaired) electrons. The molecule has 1 N–H and O–H groups in total. The lowest BCUT2D eigenvalue weighted by atomic mass is 10.3. The van der Waals surface area contributed by atoms with E-state index in [-0.39, 0.29) is 6.54 Å². The molecule has 0 spiro atoms. The van der Waals surface area contributed by atoms with E-state index in [0.717, 1.165) is 25.5 Å². The first kappa shape index (κ1) is 17.6. The number of rotatable bonds is 5. The quantitative estimate of drug-likeness (QED) is 0.499. The minimum Gasteiger partial charge on any atom is -0.544 e. The van der Waals surface area contributed by atoms with Gasteiger partial charge in [0.15, 0.2) is 0 Å². The Hall–Kier alpha value is -1.40. The van der Waals surface area contributed by atoms with Gasteiger partial charge in [-0.25, -0.2) is 0 Å². The van der Waals surface area contributed by atoms with Crippen LogP contribution in [0.5, 0.6) is 0 Å². The number of quaternary nitrogens is 1. The van der Waals surface area contributed by atoms with E-state index in [1.54, 1.807) is 28.1 Å². The summed E-state index contributed by atoms with van der Waals surface area (Å²) in [4.78, 5) is 16.1. The van der Waals surface area contributed by atoms with E-state index < -0.39 is 12.1 Å². The molecule has 0 aromatic heterocycles. The van der Waals surface area contributed by atoms with Gasteiger partial charge in [-0.2, -0.15) is 0 Å². The number of carboxylic acids is 1. The van der Waals surface area contributed by atoms with Crippen molar-refractivity contribution in [3.05, 3.63) is 12.7 Å². The number of aliphatic hydroxyl groups is 1. The van der Waals surface area contributed by atoms with Gasteiger partial charge < -0.3 is 24.4 Å². The van der Waals surface area contributed by atoms with E-state index in [1.807, 2.05) is 11.0 Å². The van der Waals surface area contributed by atoms with Crippen LogP contribution in [0.25, 0.3) is 0 Å². The van der Waals surface area contributed by atoms with Crippen LogP contribution in [0.1, 0.15) is 6.92 Å². The van der Waals surface area contributed by atoms with Gasteiger partial charge in [-0.05, 0) is 6.92 Å². The van der Waals surface area contributed by atoms with Crippen LogP contribution in [-0.2, 0) is 4.79 Å². The number of aliphatic hydroxyl groups excluding tert-OH is 1. The zero-order valence-corrected chi connectivity index (χ0v) is 12.3. The summed E-state index contributed by atoms with van der Waals surface area (Å²) in [6.07, 6.45) is 1.38. The summed E-state index contributed by atoms with van der Waals surface area (Å²) in [5.41, 5.74) is 0. The molecule has 0 aromatic carbocycles. The van der Waals surface area contributed by atoms with Crippen LogP contribution in [0, 0.1) is 0 Å². The van der Waals surface area contributed by atoms with Crippen LogP contribution in [-0.4, -0.2) is 79.7 Å². The number of aliphatic carboxylic acids is 1. The van der Waals surface area contributed by atoms with Gasteiger partial charge in [0.05, 0.1) is 33.7 Å². The fourth-order valence-electron chi connectivity index (χ4n) is 1.62. The standard InChI is InChI=1S/C8H14N2O.C5H11NO2/c1-3-5-10-6-4-9-8(10)7(2)11;1-6(2,3)4-5(7)8/h3,7,11H,1,4-6H2,2H3;4H2,1-3H3. The van der Waals surface area contributed by atoms with Crippen LogP contribution in [0.2, 0.25) is 0 Å². The van der Waals surface area contributed by atoms with E-state index in [1.165, 1.54) is 0 Å². The van der Waals surface area contributed by atoms with Gasteiger partial charge in [0.25, 0.3) is 0 Å². The summed E-state index contributed by atoms with van der Waals surface area (Å²) in [7, 11) is 5.40. The van der Waals surface area contributed by atoms with Gasteiger partial charge in [-0.15, -0.1) is 6.58 Å². The number of likely N-dealkylation sites (N-methyl/N-ethyl adjacent to an activating group) is 1. The van der Waals surface area contributed by atoms with Crippen molar-refractivity contribution in [3.63, 3.8) is 0 Å². The second-order valence-corrected chi connectivity index (χ2v) is 5.47. The fraction of sp³-hybridized carbons (Fsp3) is 0.692. The smallest absolute Gasteiger partial charge is 0.128 e. The van der Waals surface area contributed by atoms with Gasteiger partial charge in [-0.3, -0.25) is 4.99 Å². The summed E-state index contributed by atoms with van der Waals surface area (Å²) < 4.78 is 0.419. The molecule has 110 valence electrons. The molecule has 6 nitrogen and oxygen atoms in total. The van der Waals surface area contributed by atoms with E-state index in [9.17, 15) is 15.0 Å². The zero-order valence-electron chi connectivity index (χ0n) is 12.3. The minimum absolute atomic E-state index is 0.0694. The molecule has 0 saturated carbocycles. The number of carboxylic acid groups (broad SMARTS) is 1. The molecular formula is C13H25N3O3. The molecule has 1 rings (SSSR count). The third-order valence-corrected chi connectivity index (χ3v) is 2.29. The Kier molecular flexibility index (Phi) is 7.33. The number of nitrogens with zero attached hydrogens (tertiary/aromatic N) is 3. The number of carbonyl (C=O) groups excluding carboxylic acids is 1. The maximum absolute atomic E-state index is 9.89. The van der Waals surface area contributed by atoms with Crippen molar-refractivity contribution in [3.8, 4) is 0 Å². The number of amidine groups is 1. The lowest BCUT2D eigenvalue weighted by molar-refractivity contribution is -0.864. The number of aliphatic imine (C=N–C) groups is 1. The number of hydrogen-bond acceptors (Lipinski definition) is 5. The summed E-state index contributed by atoms with van der Waals surface area (Å²) in [5.74, 6) is -0.206. The number of carbonyl (C=O) groups is 1. The second-order valence-electron chi connectivity index (χ2n) is 5.47. The molecule has 0 saturated heterocycles. The first-order valence-corrected chi connectivity index (χ1v) is 6.26. The molecule has 1 atom stereocenters. The third-order valence-electron chi connectivity index (χ3n) is 2.29. The van der Waals surface area contributed by atoms with Gasteiger partial charge in [0.1, 0.15) is 18.5 Å². The summed E-state index contributed by atoms with van der Waals surface area (Å²) in [6.45, 7) is 7.94. The molecule has 0 aliphatic carbocycles. The molecule has 19 heavy (non-hydrogen) atoms. The summed E-state index contributed by atoms with van der Waals surface area (Å²) in [6, 6.07) is 0.